The van der Waals surface area contributed by atoms with Gasteiger partial charge in [0, 0.05) is 49.5 Å². The zero-order valence-corrected chi connectivity index (χ0v) is 41.5. The summed E-state index contributed by atoms with van der Waals surface area (Å²) in [5.41, 5.74) is -7.47. The topological polar surface area (TPSA) is 216 Å². The van der Waals surface area contributed by atoms with Crippen LogP contribution in [0, 0.1) is 22.6 Å². The van der Waals surface area contributed by atoms with E-state index in [1.165, 1.54) is 13.8 Å². The maximum atomic E-state index is 16.2. The lowest BCUT2D eigenvalue weighted by molar-refractivity contribution is -0.346. The molecule has 3 fully saturated rings. The second-order valence-electron chi connectivity index (χ2n) is 19.1. The molecule has 0 spiro atoms. The van der Waals surface area contributed by atoms with Gasteiger partial charge in [-0.2, -0.15) is 12.6 Å². The van der Waals surface area contributed by atoms with Gasteiger partial charge in [0.2, 0.25) is 0 Å². The van der Waals surface area contributed by atoms with Crippen molar-refractivity contribution in [3.8, 4) is 0 Å². The summed E-state index contributed by atoms with van der Waals surface area (Å²) in [7, 11) is 0. The Labute approximate surface area is 416 Å². The highest BCUT2D eigenvalue weighted by Crippen LogP contribution is 2.65. The number of benzene rings is 3. The van der Waals surface area contributed by atoms with E-state index in [0.717, 1.165) is 31.2 Å². The van der Waals surface area contributed by atoms with Gasteiger partial charge in [-0.05, 0) is 73.9 Å². The van der Waals surface area contributed by atoms with Crippen LogP contribution in [0.25, 0.3) is 0 Å². The molecule has 2 saturated carbocycles. The van der Waals surface area contributed by atoms with Crippen molar-refractivity contribution in [2.75, 3.05) is 19.0 Å². The molecular formula is C53H60FNO15S. The number of Topliss-reactive ketones (excluding diaryl/α,β-unsaturated/α-hetero) is 1. The number of hydrogen-bond donors (Lipinski definition) is 3. The molecule has 1 amide bonds. The van der Waals surface area contributed by atoms with E-state index in [2.05, 4.69) is 17.9 Å². The Morgan fingerprint density at radius 3 is 2.10 bits per heavy atom. The Morgan fingerprint density at radius 1 is 0.873 bits per heavy atom. The van der Waals surface area contributed by atoms with Crippen molar-refractivity contribution in [1.29, 1.82) is 0 Å². The summed E-state index contributed by atoms with van der Waals surface area (Å²) in [4.78, 5) is 100. The van der Waals surface area contributed by atoms with Gasteiger partial charge in [-0.15, -0.1) is 0 Å². The molecule has 71 heavy (non-hydrogen) atoms. The number of thiol groups is 1. The van der Waals surface area contributed by atoms with E-state index in [1.54, 1.807) is 88.4 Å². The van der Waals surface area contributed by atoms with E-state index in [4.69, 9.17) is 33.2 Å². The third-order valence-electron chi connectivity index (χ3n) is 14.7. The molecule has 1 aliphatic heterocycles. The Hall–Kier alpha value is -5.95. The highest BCUT2D eigenvalue weighted by Gasteiger charge is 2.79. The first-order valence-corrected chi connectivity index (χ1v) is 24.3. The number of ether oxygens (including phenoxy) is 7. The number of nitrogens with one attached hydrogen (secondary N) is 1. The maximum Gasteiger partial charge on any atom is 0.338 e. The van der Waals surface area contributed by atoms with Gasteiger partial charge in [0.05, 0.1) is 36.0 Å². The van der Waals surface area contributed by atoms with Crippen molar-refractivity contribution < 1.29 is 76.2 Å². The summed E-state index contributed by atoms with van der Waals surface area (Å²) in [6.07, 6.45) is -10.6. The molecular weight excluding hydrogens is 942 g/mol. The van der Waals surface area contributed by atoms with Crippen LogP contribution >= 0.6 is 12.6 Å². The van der Waals surface area contributed by atoms with Gasteiger partial charge in [-0.25, -0.2) is 14.0 Å². The molecule has 0 radical (unpaired) electrons. The van der Waals surface area contributed by atoms with Crippen LogP contribution in [0.5, 0.6) is 0 Å². The van der Waals surface area contributed by atoms with Crippen molar-refractivity contribution in [3.63, 3.8) is 0 Å². The van der Waals surface area contributed by atoms with Crippen LogP contribution in [0.3, 0.4) is 0 Å². The van der Waals surface area contributed by atoms with E-state index >= 15 is 9.59 Å². The van der Waals surface area contributed by atoms with E-state index in [-0.39, 0.29) is 54.9 Å². The summed E-state index contributed by atoms with van der Waals surface area (Å²) >= 11 is 4.20. The molecule has 1 saturated heterocycles. The molecule has 18 heteroatoms. The van der Waals surface area contributed by atoms with Crippen molar-refractivity contribution in [2.24, 2.45) is 16.7 Å². The van der Waals surface area contributed by atoms with E-state index in [9.17, 15) is 33.5 Å². The summed E-state index contributed by atoms with van der Waals surface area (Å²) in [5, 5.41) is 17.0. The molecule has 2 bridgehead atoms. The average Bonchev–Trinajstić information content (AvgIpc) is 3.33. The van der Waals surface area contributed by atoms with Gasteiger partial charge in [0.1, 0.15) is 35.8 Å². The van der Waals surface area contributed by atoms with Gasteiger partial charge < -0.3 is 43.6 Å². The van der Waals surface area contributed by atoms with E-state index in [1.807, 2.05) is 0 Å². The number of carbonyl (C=O) groups excluding carboxylic acids is 7. The van der Waals surface area contributed by atoms with Crippen molar-refractivity contribution in [3.05, 3.63) is 119 Å². The summed E-state index contributed by atoms with van der Waals surface area (Å²) in [5.74, 6) is -8.18. The van der Waals surface area contributed by atoms with Gasteiger partial charge in [-0.3, -0.25) is 24.0 Å². The standard InChI is InChI=1S/C53H60FNO15S/c1-8-38(57)68-42-40-29(3)35(66-49(62)43(64-9-2)41(31-16-12-10-13-17-31)55-47(60)32-18-14-11-15-19-32)27-53(63,50(40,5)6)46(69-48(61)33-20-22-34(54)23-21-33)44-51(7,45(42)59)36(67-39(58)24-25-71)26-37-52(44,28-65-37)70-30(4)56/h10-23,35-37,41-44,46,63,71H,8-9,24-28H2,1-7H3,(H,55,60)/t35-,36-,37+,41-,42+,43+,44?,46-,51+,52-,53+/m0/s1. The van der Waals surface area contributed by atoms with E-state index < -0.39 is 124 Å². The largest absolute Gasteiger partial charge is 0.461 e. The zero-order chi connectivity index (χ0) is 51.6. The molecule has 11 atom stereocenters. The van der Waals surface area contributed by atoms with E-state index in [0.29, 0.717) is 11.1 Å². The summed E-state index contributed by atoms with van der Waals surface area (Å²) in [6.45, 7) is 9.98. The SMILES string of the molecule is CCO[C@@H](C(=O)O[C@H]1C[C@@]2(O)[C@@H](OC(=O)c3ccc(F)cc3)C3[C@](C)(C(=O)[C@H](OC(=O)CC)C(=C1C)C2(C)C)[C@@H](OC(=O)CCS)C[C@H]1OC[C@@]31OC(C)=O)[C@@H](NC(=O)c1ccccc1)c1ccccc1. The van der Waals surface area contributed by atoms with Crippen LogP contribution in [0.2, 0.25) is 0 Å². The molecule has 1 unspecified atom stereocenters. The number of aliphatic hydroxyl groups is 1. The van der Waals surface area contributed by atoms with Crippen LogP contribution in [0.4, 0.5) is 4.39 Å². The first kappa shape index (κ1) is 52.9. The fraction of sp³-hybridized carbons (Fsp3) is 0.491. The van der Waals surface area contributed by atoms with Gasteiger partial charge >= 0.3 is 29.8 Å². The minimum atomic E-state index is -2.49. The van der Waals surface area contributed by atoms with Gasteiger partial charge in [0.25, 0.3) is 5.91 Å². The summed E-state index contributed by atoms with van der Waals surface area (Å²) in [6, 6.07) is 20.2. The molecule has 2 N–H and O–H groups in total. The lowest BCUT2D eigenvalue weighted by Gasteiger charge is -2.67. The number of rotatable bonds is 16. The first-order valence-electron chi connectivity index (χ1n) is 23.7. The van der Waals surface area contributed by atoms with Crippen molar-refractivity contribution in [2.45, 2.75) is 128 Å². The maximum absolute atomic E-state index is 16.2. The second kappa shape index (κ2) is 21.0. The number of fused-ring (bicyclic) bond motifs is 5. The average molecular weight is 1000 g/mol. The van der Waals surface area contributed by atoms with Crippen LogP contribution in [-0.4, -0.2) is 113 Å². The third kappa shape index (κ3) is 9.75. The second-order valence-corrected chi connectivity index (χ2v) is 19.5. The molecule has 380 valence electrons. The number of ketones is 1. The van der Waals surface area contributed by atoms with Crippen LogP contribution in [-0.2, 0) is 57.1 Å². The minimum Gasteiger partial charge on any atom is -0.461 e. The van der Waals surface area contributed by atoms with Gasteiger partial charge in [0.15, 0.2) is 23.6 Å². The molecule has 3 aromatic carbocycles. The molecule has 16 nitrogen and oxygen atoms in total. The quantitative estimate of drug-likeness (QED) is 0.0632. The molecule has 4 aliphatic rings. The predicted molar refractivity (Wildman–Crippen MR) is 254 cm³/mol. The van der Waals surface area contributed by atoms with Crippen molar-refractivity contribution >= 4 is 54.2 Å². The van der Waals surface area contributed by atoms with Crippen LogP contribution in [0.15, 0.2) is 96.1 Å². The monoisotopic (exact) mass is 1000 g/mol. The lowest BCUT2D eigenvalue weighted by Crippen LogP contribution is -2.82. The summed E-state index contributed by atoms with van der Waals surface area (Å²) < 4.78 is 57.9. The number of halogens is 1. The fourth-order valence-corrected chi connectivity index (χ4v) is 11.2. The predicted octanol–water partition coefficient (Wildman–Crippen LogP) is 6.18. The Morgan fingerprint density at radius 2 is 1.52 bits per heavy atom. The highest BCUT2D eigenvalue weighted by atomic mass is 32.1. The molecule has 0 aromatic heterocycles. The van der Waals surface area contributed by atoms with Crippen LogP contribution < -0.4 is 5.32 Å². The zero-order valence-electron chi connectivity index (χ0n) is 40.6. The number of carbonyl (C=O) groups is 7. The Bertz CT molecular complexity index is 2560. The molecule has 3 aromatic rings. The lowest BCUT2D eigenvalue weighted by atomic mass is 9.44. The molecule has 1 heterocycles. The first-order chi connectivity index (χ1) is 33.7. The minimum absolute atomic E-state index is 0.0164. The van der Waals surface area contributed by atoms with Crippen molar-refractivity contribution in [1.82, 2.24) is 5.32 Å². The Balaban J connectivity index is 1.45. The highest BCUT2D eigenvalue weighted by molar-refractivity contribution is 7.80. The number of amides is 1. The number of hydrogen-bond acceptors (Lipinski definition) is 16. The molecule has 7 rings (SSSR count). The van der Waals surface area contributed by atoms with Crippen LogP contribution in [0.1, 0.15) is 106 Å². The molecule has 3 aliphatic carbocycles. The fourth-order valence-electron chi connectivity index (χ4n) is 11.0. The smallest absolute Gasteiger partial charge is 0.338 e. The van der Waals surface area contributed by atoms with Gasteiger partial charge in [-0.1, -0.05) is 69.3 Å². The Kier molecular flexibility index (Phi) is 15.7. The third-order valence-corrected chi connectivity index (χ3v) is 14.9. The number of esters is 5. The normalized spacial score (nSPS) is 29.2.